The van der Waals surface area contributed by atoms with Crippen LogP contribution in [0.3, 0.4) is 0 Å². The van der Waals surface area contributed by atoms with Crippen LogP contribution in [-0.4, -0.2) is 34.4 Å². The van der Waals surface area contributed by atoms with Crippen molar-refractivity contribution in [3.8, 4) is 11.5 Å². The highest BCUT2D eigenvalue weighted by Crippen LogP contribution is 2.47. The Bertz CT molecular complexity index is 1700. The molecule has 4 amide bonds. The van der Waals surface area contributed by atoms with E-state index in [1.165, 1.54) is 17.4 Å². The van der Waals surface area contributed by atoms with Gasteiger partial charge in [-0.2, -0.15) is 0 Å². The summed E-state index contributed by atoms with van der Waals surface area (Å²) >= 11 is 1.23. The highest BCUT2D eigenvalue weighted by molar-refractivity contribution is 7.21. The Morgan fingerprint density at radius 3 is 2.73 bits per heavy atom. The normalized spacial score (nSPS) is 19.5. The van der Waals surface area contributed by atoms with Gasteiger partial charge in [0, 0.05) is 6.20 Å². The van der Waals surface area contributed by atoms with E-state index in [4.69, 9.17) is 4.74 Å². The van der Waals surface area contributed by atoms with Gasteiger partial charge in [0.1, 0.15) is 21.2 Å². The Balaban J connectivity index is 1.32. The van der Waals surface area contributed by atoms with Gasteiger partial charge in [0.25, 0.3) is 5.91 Å². The summed E-state index contributed by atoms with van der Waals surface area (Å²) < 4.78 is 5.97. The summed E-state index contributed by atoms with van der Waals surface area (Å²) in [7, 11) is 0. The van der Waals surface area contributed by atoms with E-state index in [9.17, 15) is 14.4 Å². The number of nitrogens with zero attached hydrogens (tertiary/aromatic N) is 2. The Labute approximate surface area is 241 Å². The zero-order chi connectivity index (χ0) is 28.7. The number of anilines is 3. The van der Waals surface area contributed by atoms with E-state index >= 15 is 0 Å². The number of aromatic nitrogens is 1. The molecule has 2 aromatic heterocycles. The molecule has 10 heteroatoms. The molecule has 1 aliphatic carbocycles. The van der Waals surface area contributed by atoms with Crippen molar-refractivity contribution in [3.63, 3.8) is 0 Å². The number of nitrogens with one attached hydrogen (secondary N) is 3. The second-order valence-corrected chi connectivity index (χ2v) is 11.5. The summed E-state index contributed by atoms with van der Waals surface area (Å²) in [5.74, 6) is 0.794. The Morgan fingerprint density at radius 1 is 1.17 bits per heavy atom. The SMILES string of the molecule is C=CC(=O)N[C@H]1CCCC1(C)NC(=O)c1sc2nccc3c2c1NC(=O)N3c1ccc(Oc2ccccc2)cc1C. The molecule has 9 nitrogen and oxygen atoms in total. The van der Waals surface area contributed by atoms with Crippen LogP contribution in [-0.2, 0) is 4.79 Å². The third-order valence-electron chi connectivity index (χ3n) is 7.70. The third kappa shape index (κ3) is 4.80. The first-order chi connectivity index (χ1) is 19.8. The fourth-order valence-corrected chi connectivity index (χ4v) is 6.66. The van der Waals surface area contributed by atoms with Crippen LogP contribution in [0.5, 0.6) is 11.5 Å². The molecular formula is C31H29N5O4S. The molecule has 41 heavy (non-hydrogen) atoms. The largest absolute Gasteiger partial charge is 0.457 e. The molecule has 0 bridgehead atoms. The molecule has 1 unspecified atom stereocenters. The number of hydrogen-bond acceptors (Lipinski definition) is 6. The zero-order valence-electron chi connectivity index (χ0n) is 22.7. The fourth-order valence-electron chi connectivity index (χ4n) is 5.64. The van der Waals surface area contributed by atoms with Crippen LogP contribution in [0, 0.1) is 6.92 Å². The molecule has 0 saturated heterocycles. The number of aryl methyl sites for hydroxylation is 1. The molecule has 2 atom stereocenters. The molecular weight excluding hydrogens is 538 g/mol. The van der Waals surface area contributed by atoms with Gasteiger partial charge in [0.15, 0.2) is 0 Å². The minimum Gasteiger partial charge on any atom is -0.457 e. The summed E-state index contributed by atoms with van der Waals surface area (Å²) in [6.07, 6.45) is 5.21. The predicted octanol–water partition coefficient (Wildman–Crippen LogP) is 6.42. The first-order valence-electron chi connectivity index (χ1n) is 13.4. The van der Waals surface area contributed by atoms with Gasteiger partial charge in [-0.25, -0.2) is 9.78 Å². The number of pyridine rings is 1. The van der Waals surface area contributed by atoms with Crippen molar-refractivity contribution in [1.82, 2.24) is 15.6 Å². The third-order valence-corrected chi connectivity index (χ3v) is 8.80. The second kappa shape index (κ2) is 10.4. The minimum absolute atomic E-state index is 0.224. The van der Waals surface area contributed by atoms with Gasteiger partial charge in [0.2, 0.25) is 5.91 Å². The number of urea groups is 1. The topological polar surface area (TPSA) is 113 Å². The van der Waals surface area contributed by atoms with Crippen molar-refractivity contribution in [2.24, 2.45) is 0 Å². The van der Waals surface area contributed by atoms with Crippen molar-refractivity contribution < 1.29 is 19.1 Å². The summed E-state index contributed by atoms with van der Waals surface area (Å²) in [5, 5.41) is 9.74. The van der Waals surface area contributed by atoms with Crippen LogP contribution >= 0.6 is 11.3 Å². The summed E-state index contributed by atoms with van der Waals surface area (Å²) in [6, 6.07) is 16.2. The van der Waals surface area contributed by atoms with E-state index in [1.807, 2.05) is 62.4 Å². The molecule has 4 aromatic rings. The van der Waals surface area contributed by atoms with E-state index in [1.54, 1.807) is 17.2 Å². The van der Waals surface area contributed by atoms with Crippen LogP contribution in [0.15, 0.2) is 73.4 Å². The van der Waals surface area contributed by atoms with E-state index in [2.05, 4.69) is 27.5 Å². The molecule has 208 valence electrons. The van der Waals surface area contributed by atoms with Crippen LogP contribution in [0.1, 0.15) is 41.4 Å². The number of hydrogen-bond donors (Lipinski definition) is 3. The van der Waals surface area contributed by atoms with Crippen LogP contribution in [0.2, 0.25) is 0 Å². The number of para-hydroxylation sites is 1. The molecule has 2 aliphatic rings. The van der Waals surface area contributed by atoms with E-state index in [0.717, 1.165) is 24.2 Å². The van der Waals surface area contributed by atoms with Crippen LogP contribution < -0.4 is 25.6 Å². The van der Waals surface area contributed by atoms with Gasteiger partial charge < -0.3 is 20.7 Å². The molecule has 1 fully saturated rings. The van der Waals surface area contributed by atoms with E-state index in [-0.39, 0.29) is 23.9 Å². The van der Waals surface area contributed by atoms with Crippen molar-refractivity contribution in [2.45, 2.75) is 44.7 Å². The van der Waals surface area contributed by atoms with Crippen LogP contribution in [0.4, 0.5) is 21.9 Å². The summed E-state index contributed by atoms with van der Waals surface area (Å²) in [5.41, 5.74) is 1.99. The number of amides is 4. The molecule has 3 heterocycles. The fraction of sp³-hybridized carbons (Fsp3) is 0.226. The standard InChI is InChI=1S/C31H29N5O4S/c1-4-24(37)33-23-11-8-15-31(23,3)35-28(38)27-26-25-22(14-16-32-29(25)41-27)36(30(39)34-26)21-13-12-20(17-18(21)2)40-19-9-6-5-7-10-19/h4-7,9-10,12-14,16-17,23H,1,8,11,15H2,2-3H3,(H,33,37)(H,34,39)(H,35,38)/t23-,31?/m0/s1. The van der Waals surface area contributed by atoms with Gasteiger partial charge in [-0.05, 0) is 81.1 Å². The van der Waals surface area contributed by atoms with Gasteiger partial charge >= 0.3 is 6.03 Å². The zero-order valence-corrected chi connectivity index (χ0v) is 23.5. The number of carbonyl (C=O) groups is 3. The van der Waals surface area contributed by atoms with Crippen molar-refractivity contribution in [2.75, 3.05) is 10.2 Å². The lowest BCUT2D eigenvalue weighted by atomic mass is 9.95. The Morgan fingerprint density at radius 2 is 1.98 bits per heavy atom. The number of carbonyl (C=O) groups excluding carboxylic acids is 3. The number of benzene rings is 2. The van der Waals surface area contributed by atoms with Gasteiger partial charge in [0.05, 0.1) is 34.0 Å². The molecule has 1 saturated carbocycles. The van der Waals surface area contributed by atoms with Crippen molar-refractivity contribution >= 4 is 56.5 Å². The maximum atomic E-state index is 13.7. The van der Waals surface area contributed by atoms with Gasteiger partial charge in [-0.3, -0.25) is 14.5 Å². The van der Waals surface area contributed by atoms with Gasteiger partial charge in [-0.1, -0.05) is 24.8 Å². The Kier molecular flexibility index (Phi) is 6.70. The molecule has 3 N–H and O–H groups in total. The highest BCUT2D eigenvalue weighted by atomic mass is 32.1. The van der Waals surface area contributed by atoms with Crippen molar-refractivity contribution in [3.05, 3.63) is 83.9 Å². The average molecular weight is 568 g/mol. The summed E-state index contributed by atoms with van der Waals surface area (Å²) in [6.45, 7) is 7.38. The lowest BCUT2D eigenvalue weighted by Crippen LogP contribution is -2.57. The number of rotatable bonds is 7. The Hall–Kier alpha value is -4.70. The lowest BCUT2D eigenvalue weighted by Gasteiger charge is -2.33. The predicted molar refractivity (Wildman–Crippen MR) is 160 cm³/mol. The molecule has 2 aromatic carbocycles. The smallest absolute Gasteiger partial charge is 0.331 e. The number of thiophene rings is 1. The van der Waals surface area contributed by atoms with Crippen LogP contribution in [0.25, 0.3) is 10.2 Å². The quantitative estimate of drug-likeness (QED) is 0.223. The van der Waals surface area contributed by atoms with Crippen molar-refractivity contribution in [1.29, 1.82) is 0 Å². The summed E-state index contributed by atoms with van der Waals surface area (Å²) in [4.78, 5) is 46.3. The first kappa shape index (κ1) is 26.5. The first-order valence-corrected chi connectivity index (χ1v) is 14.2. The molecule has 0 spiro atoms. The molecule has 0 radical (unpaired) electrons. The molecule has 1 aliphatic heterocycles. The minimum atomic E-state index is -0.639. The highest BCUT2D eigenvalue weighted by Gasteiger charge is 2.42. The maximum Gasteiger partial charge on any atom is 0.331 e. The maximum absolute atomic E-state index is 13.7. The lowest BCUT2D eigenvalue weighted by molar-refractivity contribution is -0.117. The van der Waals surface area contributed by atoms with E-state index in [0.29, 0.717) is 44.3 Å². The average Bonchev–Trinajstić information content (AvgIpc) is 3.50. The molecule has 6 rings (SSSR count). The van der Waals surface area contributed by atoms with E-state index < -0.39 is 5.54 Å². The monoisotopic (exact) mass is 567 g/mol. The second-order valence-electron chi connectivity index (χ2n) is 10.5. The van der Waals surface area contributed by atoms with Gasteiger partial charge in [-0.15, -0.1) is 11.3 Å². The number of ether oxygens (including phenoxy) is 1.